The van der Waals surface area contributed by atoms with Crippen molar-refractivity contribution in [2.24, 2.45) is 0 Å². The number of furan rings is 1. The van der Waals surface area contributed by atoms with Crippen LogP contribution in [0, 0.1) is 0 Å². The molecule has 0 unspecified atom stereocenters. The number of rotatable bonds is 4. The highest BCUT2D eigenvalue weighted by atomic mass is 16.3. The van der Waals surface area contributed by atoms with Gasteiger partial charge in [-0.15, -0.1) is 0 Å². The van der Waals surface area contributed by atoms with E-state index in [1.165, 1.54) is 22.3 Å². The number of aromatic nitrogens is 2. The Kier molecular flexibility index (Phi) is 5.59. The second kappa shape index (κ2) is 9.93. The van der Waals surface area contributed by atoms with E-state index >= 15 is 0 Å². The molecule has 10 rings (SSSR count). The normalized spacial score (nSPS) is 13.4. The molecule has 4 heteroatoms. The van der Waals surface area contributed by atoms with Gasteiger partial charge >= 0.3 is 0 Å². The molecule has 6 aromatic carbocycles. The molecular formula is C44H31N3O. The minimum Gasteiger partial charge on any atom is -0.454 e. The zero-order chi connectivity index (χ0) is 32.0. The first kappa shape index (κ1) is 27.0. The molecular weight excluding hydrogens is 587 g/mol. The molecule has 3 heterocycles. The number of hydrogen-bond acceptors (Lipinski definition) is 3. The minimum atomic E-state index is -0.0907. The molecule has 0 atom stereocenters. The predicted molar refractivity (Wildman–Crippen MR) is 198 cm³/mol. The van der Waals surface area contributed by atoms with Crippen LogP contribution in [0.3, 0.4) is 0 Å². The van der Waals surface area contributed by atoms with E-state index in [2.05, 4.69) is 169 Å². The van der Waals surface area contributed by atoms with Crippen molar-refractivity contribution in [2.75, 3.05) is 4.90 Å². The average Bonchev–Trinajstić information content (AvgIpc) is 3.78. The van der Waals surface area contributed by atoms with E-state index in [0.717, 1.165) is 66.7 Å². The van der Waals surface area contributed by atoms with Gasteiger partial charge in [-0.1, -0.05) is 129 Å². The molecule has 1 aliphatic rings. The molecule has 0 N–H and O–H groups in total. The van der Waals surface area contributed by atoms with E-state index in [1.54, 1.807) is 0 Å². The molecule has 228 valence electrons. The molecule has 3 aromatic heterocycles. The van der Waals surface area contributed by atoms with Gasteiger partial charge < -0.3 is 9.32 Å². The molecule has 0 fully saturated rings. The fraction of sp³-hybridized carbons (Fsp3) is 0.0682. The van der Waals surface area contributed by atoms with E-state index < -0.39 is 0 Å². The Hall–Kier alpha value is -6.13. The summed E-state index contributed by atoms with van der Waals surface area (Å²) in [7, 11) is 0. The lowest BCUT2D eigenvalue weighted by Crippen LogP contribution is -2.15. The van der Waals surface area contributed by atoms with Crippen LogP contribution in [-0.4, -0.2) is 9.61 Å². The van der Waals surface area contributed by atoms with Crippen LogP contribution >= 0.6 is 0 Å². The molecule has 0 saturated heterocycles. The van der Waals surface area contributed by atoms with Gasteiger partial charge in [0.2, 0.25) is 0 Å². The van der Waals surface area contributed by atoms with Crippen molar-refractivity contribution in [3.05, 3.63) is 163 Å². The Bertz CT molecular complexity index is 2720. The minimum absolute atomic E-state index is 0.0907. The number of benzene rings is 6. The zero-order valence-corrected chi connectivity index (χ0v) is 26.7. The van der Waals surface area contributed by atoms with Crippen LogP contribution < -0.4 is 4.90 Å². The Morgan fingerprint density at radius 2 is 1.35 bits per heavy atom. The number of hydrogen-bond donors (Lipinski definition) is 0. The number of fused-ring (bicyclic) bond motifs is 9. The number of para-hydroxylation sites is 3. The van der Waals surface area contributed by atoms with Crippen LogP contribution in [0.5, 0.6) is 0 Å². The van der Waals surface area contributed by atoms with Crippen LogP contribution in [0.15, 0.2) is 156 Å². The van der Waals surface area contributed by atoms with E-state index in [9.17, 15) is 0 Å². The van der Waals surface area contributed by atoms with Crippen molar-refractivity contribution >= 4 is 55.4 Å². The smallest absolute Gasteiger partial charge is 0.159 e. The third-order valence-corrected chi connectivity index (χ3v) is 10.2. The van der Waals surface area contributed by atoms with E-state index in [1.807, 2.05) is 6.07 Å². The molecule has 0 spiro atoms. The quantitative estimate of drug-likeness (QED) is 0.197. The maximum Gasteiger partial charge on any atom is 0.159 e. The molecule has 0 amide bonds. The lowest BCUT2D eigenvalue weighted by molar-refractivity contribution is 0.660. The van der Waals surface area contributed by atoms with E-state index in [-0.39, 0.29) is 5.41 Å². The van der Waals surface area contributed by atoms with Crippen LogP contribution in [0.4, 0.5) is 17.1 Å². The summed E-state index contributed by atoms with van der Waals surface area (Å²) in [5.74, 6) is 0. The van der Waals surface area contributed by atoms with Crippen molar-refractivity contribution in [3.8, 4) is 22.4 Å². The van der Waals surface area contributed by atoms with Gasteiger partial charge in [0.15, 0.2) is 5.58 Å². The molecule has 1 aliphatic carbocycles. The zero-order valence-electron chi connectivity index (χ0n) is 26.7. The highest BCUT2D eigenvalue weighted by molar-refractivity contribution is 6.12. The van der Waals surface area contributed by atoms with Crippen LogP contribution in [-0.2, 0) is 5.41 Å². The first-order chi connectivity index (χ1) is 23.6. The van der Waals surface area contributed by atoms with Crippen molar-refractivity contribution in [1.29, 1.82) is 0 Å². The van der Waals surface area contributed by atoms with Gasteiger partial charge in [-0.3, -0.25) is 0 Å². The Labute approximate surface area is 278 Å². The highest BCUT2D eigenvalue weighted by Gasteiger charge is 2.36. The van der Waals surface area contributed by atoms with Crippen molar-refractivity contribution in [1.82, 2.24) is 9.61 Å². The molecule has 4 nitrogen and oxygen atoms in total. The SMILES string of the molecule is CC1(C)c2ccccc2-c2cc(N(c3cccc4c3oc3ccccc34)c3c(-c4ccccc4)nn4c3ccc3ccccc34)ccc21. The number of nitrogens with zero attached hydrogens (tertiary/aromatic N) is 3. The topological polar surface area (TPSA) is 33.7 Å². The summed E-state index contributed by atoms with van der Waals surface area (Å²) in [5, 5.41) is 8.71. The first-order valence-corrected chi connectivity index (χ1v) is 16.5. The van der Waals surface area contributed by atoms with Gasteiger partial charge in [-0.25, -0.2) is 4.52 Å². The fourth-order valence-corrected chi connectivity index (χ4v) is 7.90. The van der Waals surface area contributed by atoms with Crippen molar-refractivity contribution in [3.63, 3.8) is 0 Å². The maximum absolute atomic E-state index is 6.73. The Morgan fingerprint density at radius 3 is 2.27 bits per heavy atom. The molecule has 0 bridgehead atoms. The number of pyridine rings is 1. The molecule has 0 radical (unpaired) electrons. The van der Waals surface area contributed by atoms with Gasteiger partial charge in [0.25, 0.3) is 0 Å². The van der Waals surface area contributed by atoms with E-state index in [0.29, 0.717) is 0 Å². The van der Waals surface area contributed by atoms with Gasteiger partial charge in [0.1, 0.15) is 17.0 Å². The van der Waals surface area contributed by atoms with Crippen LogP contribution in [0.25, 0.3) is 60.7 Å². The van der Waals surface area contributed by atoms with Gasteiger partial charge in [-0.2, -0.15) is 5.10 Å². The van der Waals surface area contributed by atoms with Gasteiger partial charge in [-0.05, 0) is 58.7 Å². The second-order valence-corrected chi connectivity index (χ2v) is 13.2. The van der Waals surface area contributed by atoms with Crippen molar-refractivity contribution in [2.45, 2.75) is 19.3 Å². The highest BCUT2D eigenvalue weighted by Crippen LogP contribution is 2.52. The predicted octanol–water partition coefficient (Wildman–Crippen LogP) is 11.8. The van der Waals surface area contributed by atoms with Crippen LogP contribution in [0.2, 0.25) is 0 Å². The molecule has 0 saturated carbocycles. The van der Waals surface area contributed by atoms with Gasteiger partial charge in [0.05, 0.1) is 16.7 Å². The summed E-state index contributed by atoms with van der Waals surface area (Å²) < 4.78 is 8.83. The summed E-state index contributed by atoms with van der Waals surface area (Å²) in [6, 6.07) is 53.9. The summed E-state index contributed by atoms with van der Waals surface area (Å²) in [5.41, 5.74) is 13.9. The van der Waals surface area contributed by atoms with E-state index in [4.69, 9.17) is 9.52 Å². The largest absolute Gasteiger partial charge is 0.454 e. The number of anilines is 3. The fourth-order valence-electron chi connectivity index (χ4n) is 7.90. The molecule has 0 aliphatic heterocycles. The Balaban J connectivity index is 1.34. The molecule has 48 heavy (non-hydrogen) atoms. The standard InChI is InChI=1S/C44H31N3O/c1-44(2)35-19-9-7-16-31(35)34-27-30(24-25-36(34)44)46(39-21-12-18-33-32-17-8-11-22-40(32)48-43(33)39)42-38-26-23-28-13-6-10-20-37(28)47(38)45-41(42)29-14-4-3-5-15-29/h3-27H,1-2H3. The summed E-state index contributed by atoms with van der Waals surface area (Å²) >= 11 is 0. The second-order valence-electron chi connectivity index (χ2n) is 13.2. The maximum atomic E-state index is 6.73. The third kappa shape index (κ3) is 3.74. The third-order valence-electron chi connectivity index (χ3n) is 10.2. The lowest BCUT2D eigenvalue weighted by atomic mass is 9.82. The summed E-state index contributed by atoms with van der Waals surface area (Å²) in [4.78, 5) is 2.37. The molecule has 9 aromatic rings. The monoisotopic (exact) mass is 617 g/mol. The summed E-state index contributed by atoms with van der Waals surface area (Å²) in [6.45, 7) is 4.66. The van der Waals surface area contributed by atoms with Crippen molar-refractivity contribution < 1.29 is 4.42 Å². The van der Waals surface area contributed by atoms with Gasteiger partial charge in [0, 0.05) is 32.8 Å². The Morgan fingerprint density at radius 1 is 0.604 bits per heavy atom. The lowest BCUT2D eigenvalue weighted by Gasteiger charge is -2.27. The average molecular weight is 618 g/mol. The van der Waals surface area contributed by atoms with Crippen LogP contribution in [0.1, 0.15) is 25.0 Å². The summed E-state index contributed by atoms with van der Waals surface area (Å²) in [6.07, 6.45) is 0. The first-order valence-electron chi connectivity index (χ1n) is 16.5.